The predicted octanol–water partition coefficient (Wildman–Crippen LogP) is 3.01. The third-order valence-corrected chi connectivity index (χ3v) is 5.03. The first-order chi connectivity index (χ1) is 8.99. The summed E-state index contributed by atoms with van der Waals surface area (Å²) in [5, 5.41) is 7.11. The Morgan fingerprint density at radius 2 is 2.26 bits per heavy atom. The van der Waals surface area contributed by atoms with Gasteiger partial charge in [0.2, 0.25) is 0 Å². The Morgan fingerprint density at radius 1 is 1.47 bits per heavy atom. The van der Waals surface area contributed by atoms with E-state index in [1.807, 2.05) is 0 Å². The van der Waals surface area contributed by atoms with Crippen molar-refractivity contribution < 1.29 is 0 Å². The largest absolute Gasteiger partial charge is 0.307 e. The van der Waals surface area contributed by atoms with E-state index in [1.165, 1.54) is 43.2 Å². The molecular weight excluding hydrogens is 254 g/mol. The van der Waals surface area contributed by atoms with E-state index in [-0.39, 0.29) is 5.41 Å². The molecule has 1 aromatic heterocycles. The summed E-state index contributed by atoms with van der Waals surface area (Å²) in [5.41, 5.74) is 1.37. The van der Waals surface area contributed by atoms with Crippen molar-refractivity contribution in [2.75, 3.05) is 19.6 Å². The maximum absolute atomic E-state index is 4.75. The van der Waals surface area contributed by atoms with Crippen molar-refractivity contribution in [2.24, 2.45) is 0 Å². The molecule has 1 N–H and O–H groups in total. The van der Waals surface area contributed by atoms with E-state index >= 15 is 0 Å². The molecule has 19 heavy (non-hydrogen) atoms. The molecule has 2 heterocycles. The third-order valence-electron chi connectivity index (χ3n) is 3.72. The Balaban J connectivity index is 1.83. The highest BCUT2D eigenvalue weighted by molar-refractivity contribution is 7.09. The van der Waals surface area contributed by atoms with Crippen LogP contribution < -0.4 is 5.32 Å². The first kappa shape index (κ1) is 14.9. The maximum Gasteiger partial charge on any atom is 0.0982 e. The number of nitrogens with zero attached hydrogens (tertiary/aromatic N) is 2. The first-order valence-corrected chi connectivity index (χ1v) is 8.27. The Bertz CT molecular complexity index is 394. The van der Waals surface area contributed by atoms with Crippen molar-refractivity contribution in [3.05, 3.63) is 16.1 Å². The zero-order chi connectivity index (χ0) is 13.9. The third kappa shape index (κ3) is 4.26. The van der Waals surface area contributed by atoms with E-state index in [4.69, 9.17) is 4.98 Å². The van der Waals surface area contributed by atoms with Crippen LogP contribution in [0.1, 0.15) is 51.2 Å². The SMILES string of the molecule is CCN1CCCC(NCc2csc(C(C)(C)C)n2)C1. The lowest BCUT2D eigenvalue weighted by Crippen LogP contribution is -2.45. The number of hydrogen-bond donors (Lipinski definition) is 1. The summed E-state index contributed by atoms with van der Waals surface area (Å²) in [6, 6.07) is 0.633. The molecule has 1 saturated heterocycles. The normalized spacial score (nSPS) is 21.8. The fourth-order valence-corrected chi connectivity index (χ4v) is 3.40. The summed E-state index contributed by atoms with van der Waals surface area (Å²) in [5.74, 6) is 0. The van der Waals surface area contributed by atoms with Crippen LogP contribution in [0.5, 0.6) is 0 Å². The van der Waals surface area contributed by atoms with Crippen LogP contribution in [0.3, 0.4) is 0 Å². The van der Waals surface area contributed by atoms with Crippen molar-refractivity contribution in [3.63, 3.8) is 0 Å². The number of hydrogen-bond acceptors (Lipinski definition) is 4. The van der Waals surface area contributed by atoms with Crippen LogP contribution >= 0.6 is 11.3 Å². The molecule has 1 fully saturated rings. The van der Waals surface area contributed by atoms with Crippen LogP contribution in [0.4, 0.5) is 0 Å². The maximum atomic E-state index is 4.75. The van der Waals surface area contributed by atoms with Crippen molar-refractivity contribution in [1.82, 2.24) is 15.2 Å². The minimum absolute atomic E-state index is 0.173. The monoisotopic (exact) mass is 281 g/mol. The van der Waals surface area contributed by atoms with E-state index in [1.54, 1.807) is 11.3 Å². The minimum Gasteiger partial charge on any atom is -0.307 e. The number of piperidine rings is 1. The van der Waals surface area contributed by atoms with Crippen LogP contribution in [-0.2, 0) is 12.0 Å². The molecule has 0 radical (unpaired) electrons. The molecule has 1 aromatic rings. The minimum atomic E-state index is 0.173. The molecule has 0 aromatic carbocycles. The van der Waals surface area contributed by atoms with Gasteiger partial charge in [-0.05, 0) is 25.9 Å². The average Bonchev–Trinajstić information content (AvgIpc) is 2.85. The fourth-order valence-electron chi connectivity index (χ4n) is 2.49. The summed E-state index contributed by atoms with van der Waals surface area (Å²) < 4.78 is 0. The molecule has 0 amide bonds. The van der Waals surface area contributed by atoms with Gasteiger partial charge in [-0.25, -0.2) is 4.98 Å². The van der Waals surface area contributed by atoms with Crippen LogP contribution in [-0.4, -0.2) is 35.6 Å². The Morgan fingerprint density at radius 3 is 2.89 bits per heavy atom. The van der Waals surface area contributed by atoms with Crippen LogP contribution in [0, 0.1) is 0 Å². The highest BCUT2D eigenvalue weighted by atomic mass is 32.1. The lowest BCUT2D eigenvalue weighted by molar-refractivity contribution is 0.198. The van der Waals surface area contributed by atoms with Crippen molar-refractivity contribution in [3.8, 4) is 0 Å². The molecule has 3 nitrogen and oxygen atoms in total. The van der Waals surface area contributed by atoms with Gasteiger partial charge in [-0.15, -0.1) is 11.3 Å². The summed E-state index contributed by atoms with van der Waals surface area (Å²) in [6.07, 6.45) is 2.61. The number of nitrogens with one attached hydrogen (secondary N) is 1. The summed E-state index contributed by atoms with van der Waals surface area (Å²) in [4.78, 5) is 7.28. The summed E-state index contributed by atoms with van der Waals surface area (Å²) in [7, 11) is 0. The number of aromatic nitrogens is 1. The van der Waals surface area contributed by atoms with Crippen LogP contribution in [0.2, 0.25) is 0 Å². The lowest BCUT2D eigenvalue weighted by atomic mass is 9.98. The molecule has 1 atom stereocenters. The van der Waals surface area contributed by atoms with E-state index in [9.17, 15) is 0 Å². The number of likely N-dealkylation sites (tertiary alicyclic amines) is 1. The molecule has 0 bridgehead atoms. The van der Waals surface area contributed by atoms with Crippen molar-refractivity contribution >= 4 is 11.3 Å². The van der Waals surface area contributed by atoms with Gasteiger partial charge in [0.05, 0.1) is 10.7 Å². The zero-order valence-corrected chi connectivity index (χ0v) is 13.5. The number of rotatable bonds is 4. The molecule has 0 aliphatic carbocycles. The quantitative estimate of drug-likeness (QED) is 0.919. The van der Waals surface area contributed by atoms with E-state index in [2.05, 4.69) is 43.3 Å². The number of likely N-dealkylation sites (N-methyl/N-ethyl adjacent to an activating group) is 1. The van der Waals surface area contributed by atoms with Gasteiger partial charge in [-0.3, -0.25) is 0 Å². The molecule has 1 aliphatic rings. The van der Waals surface area contributed by atoms with E-state index < -0.39 is 0 Å². The number of thiazole rings is 1. The highest BCUT2D eigenvalue weighted by Crippen LogP contribution is 2.25. The van der Waals surface area contributed by atoms with Gasteiger partial charge in [-0.2, -0.15) is 0 Å². The molecule has 1 unspecified atom stereocenters. The van der Waals surface area contributed by atoms with Crippen molar-refractivity contribution in [1.29, 1.82) is 0 Å². The van der Waals surface area contributed by atoms with Gasteiger partial charge >= 0.3 is 0 Å². The van der Waals surface area contributed by atoms with Gasteiger partial charge in [0.25, 0.3) is 0 Å². The zero-order valence-electron chi connectivity index (χ0n) is 12.7. The van der Waals surface area contributed by atoms with E-state index in [0.29, 0.717) is 6.04 Å². The second-order valence-corrected chi connectivity index (χ2v) is 7.37. The van der Waals surface area contributed by atoms with Crippen LogP contribution in [0.25, 0.3) is 0 Å². The first-order valence-electron chi connectivity index (χ1n) is 7.39. The van der Waals surface area contributed by atoms with Gasteiger partial charge < -0.3 is 10.2 Å². The molecule has 4 heteroatoms. The molecule has 2 rings (SSSR count). The van der Waals surface area contributed by atoms with Gasteiger partial charge in [0.15, 0.2) is 0 Å². The smallest absolute Gasteiger partial charge is 0.0982 e. The molecule has 108 valence electrons. The predicted molar refractivity (Wildman–Crippen MR) is 82.8 cm³/mol. The summed E-state index contributed by atoms with van der Waals surface area (Å²) in [6.45, 7) is 13.5. The van der Waals surface area contributed by atoms with Gasteiger partial charge in [0.1, 0.15) is 0 Å². The lowest BCUT2D eigenvalue weighted by Gasteiger charge is -2.32. The molecular formula is C15H27N3S. The van der Waals surface area contributed by atoms with Gasteiger partial charge in [-0.1, -0.05) is 27.7 Å². The van der Waals surface area contributed by atoms with Crippen molar-refractivity contribution in [2.45, 2.75) is 58.5 Å². The molecule has 0 spiro atoms. The van der Waals surface area contributed by atoms with Crippen LogP contribution in [0.15, 0.2) is 5.38 Å². The second kappa shape index (κ2) is 6.33. The topological polar surface area (TPSA) is 28.2 Å². The standard InChI is InChI=1S/C15H27N3S/c1-5-18-8-6-7-12(10-18)16-9-13-11-19-14(17-13)15(2,3)4/h11-12,16H,5-10H2,1-4H3. The van der Waals surface area contributed by atoms with E-state index in [0.717, 1.165) is 6.54 Å². The molecule has 0 saturated carbocycles. The average molecular weight is 281 g/mol. The Hall–Kier alpha value is -0.450. The molecule has 1 aliphatic heterocycles. The fraction of sp³-hybridized carbons (Fsp3) is 0.800. The highest BCUT2D eigenvalue weighted by Gasteiger charge is 2.20. The second-order valence-electron chi connectivity index (χ2n) is 6.51. The Kier molecular flexibility index (Phi) is 4.98. The van der Waals surface area contributed by atoms with Gasteiger partial charge in [0, 0.05) is 29.9 Å². The summed E-state index contributed by atoms with van der Waals surface area (Å²) >= 11 is 1.79. The Labute approximate surface area is 121 Å².